The van der Waals surface area contributed by atoms with Gasteiger partial charge in [-0.1, -0.05) is 24.3 Å². The van der Waals surface area contributed by atoms with Crippen LogP contribution in [-0.4, -0.2) is 63.3 Å². The molecular weight excluding hydrogens is 411 g/mol. The van der Waals surface area contributed by atoms with Crippen LogP contribution in [-0.2, 0) is 16.0 Å². The second-order valence-corrected chi connectivity index (χ2v) is 7.48. The van der Waals surface area contributed by atoms with Crippen molar-refractivity contribution in [3.05, 3.63) is 71.0 Å². The average molecular weight is 443 g/mol. The second-order valence-electron chi connectivity index (χ2n) is 7.48. The summed E-state index contributed by atoms with van der Waals surface area (Å²) in [4.78, 5) is 18.6. The van der Waals surface area contributed by atoms with Crippen LogP contribution in [0.5, 0.6) is 0 Å². The zero-order valence-electron chi connectivity index (χ0n) is 18.6. The molecule has 172 valence electrons. The number of morpholine rings is 1. The van der Waals surface area contributed by atoms with Crippen LogP contribution in [0.4, 0.5) is 4.39 Å². The van der Waals surface area contributed by atoms with E-state index >= 15 is 0 Å². The van der Waals surface area contributed by atoms with Gasteiger partial charge in [0.25, 0.3) is 0 Å². The molecule has 1 aliphatic heterocycles. The molecule has 0 amide bonds. The molecule has 7 nitrogen and oxygen atoms in total. The van der Waals surface area contributed by atoms with E-state index in [1.165, 1.54) is 19.2 Å². The van der Waals surface area contributed by atoms with Crippen LogP contribution < -0.4 is 10.6 Å². The topological polar surface area (TPSA) is 75.2 Å². The molecule has 1 unspecified atom stereocenters. The SMILES string of the molecule is CCNC(=NCc1ccc(C(=O)OC)cc1)NCC(c1ccc(F)cc1)N1CCOCC1. The summed E-state index contributed by atoms with van der Waals surface area (Å²) in [6.45, 7) is 6.86. The Balaban J connectivity index is 1.68. The third-order valence-electron chi connectivity index (χ3n) is 5.34. The zero-order valence-corrected chi connectivity index (χ0v) is 18.6. The molecule has 0 aromatic heterocycles. The first-order valence-electron chi connectivity index (χ1n) is 10.9. The summed E-state index contributed by atoms with van der Waals surface area (Å²) in [6.07, 6.45) is 0. The third kappa shape index (κ3) is 6.77. The summed E-state index contributed by atoms with van der Waals surface area (Å²) in [5.74, 6) is 0.102. The molecule has 1 atom stereocenters. The molecule has 3 rings (SSSR count). The van der Waals surface area contributed by atoms with Gasteiger partial charge in [0, 0.05) is 26.2 Å². The summed E-state index contributed by atoms with van der Waals surface area (Å²) in [5, 5.41) is 6.70. The Labute approximate surface area is 188 Å². The van der Waals surface area contributed by atoms with E-state index in [0.29, 0.717) is 37.8 Å². The number of nitrogens with one attached hydrogen (secondary N) is 2. The normalized spacial score (nSPS) is 15.8. The fraction of sp³-hybridized carbons (Fsp3) is 0.417. The number of aliphatic imine (C=N–C) groups is 1. The van der Waals surface area contributed by atoms with E-state index in [2.05, 4.69) is 20.5 Å². The van der Waals surface area contributed by atoms with E-state index in [-0.39, 0.29) is 17.8 Å². The Bertz CT molecular complexity index is 881. The number of carbonyl (C=O) groups is 1. The molecule has 32 heavy (non-hydrogen) atoms. The molecule has 2 aromatic rings. The van der Waals surface area contributed by atoms with E-state index in [9.17, 15) is 9.18 Å². The molecule has 1 fully saturated rings. The van der Waals surface area contributed by atoms with Crippen LogP contribution in [0.15, 0.2) is 53.5 Å². The van der Waals surface area contributed by atoms with Crippen molar-refractivity contribution in [3.8, 4) is 0 Å². The van der Waals surface area contributed by atoms with Crippen molar-refractivity contribution >= 4 is 11.9 Å². The molecule has 1 aliphatic rings. The highest BCUT2D eigenvalue weighted by atomic mass is 19.1. The number of benzene rings is 2. The van der Waals surface area contributed by atoms with Crippen LogP contribution in [0, 0.1) is 5.82 Å². The van der Waals surface area contributed by atoms with Crippen molar-refractivity contribution in [2.45, 2.75) is 19.5 Å². The molecule has 1 saturated heterocycles. The predicted molar refractivity (Wildman–Crippen MR) is 122 cm³/mol. The monoisotopic (exact) mass is 442 g/mol. The van der Waals surface area contributed by atoms with E-state index in [4.69, 9.17) is 9.47 Å². The van der Waals surface area contributed by atoms with Gasteiger partial charge in [0.15, 0.2) is 5.96 Å². The maximum Gasteiger partial charge on any atom is 0.337 e. The number of ether oxygens (including phenoxy) is 2. The highest BCUT2D eigenvalue weighted by molar-refractivity contribution is 5.89. The second kappa shape index (κ2) is 12.2. The smallest absolute Gasteiger partial charge is 0.337 e. The minimum atomic E-state index is -0.356. The van der Waals surface area contributed by atoms with Gasteiger partial charge in [0.2, 0.25) is 0 Å². The van der Waals surface area contributed by atoms with Gasteiger partial charge in [-0.3, -0.25) is 4.90 Å². The summed E-state index contributed by atoms with van der Waals surface area (Å²) in [6, 6.07) is 14.0. The molecular formula is C24H31FN4O3. The fourth-order valence-electron chi connectivity index (χ4n) is 3.60. The van der Waals surface area contributed by atoms with Crippen LogP contribution in [0.3, 0.4) is 0 Å². The summed E-state index contributed by atoms with van der Waals surface area (Å²) in [5.41, 5.74) is 2.55. The number of carbonyl (C=O) groups excluding carboxylic acids is 1. The zero-order chi connectivity index (χ0) is 22.8. The van der Waals surface area contributed by atoms with E-state index in [1.807, 2.05) is 31.2 Å². The van der Waals surface area contributed by atoms with E-state index < -0.39 is 0 Å². The number of guanidine groups is 1. The Morgan fingerprint density at radius 2 is 1.81 bits per heavy atom. The lowest BCUT2D eigenvalue weighted by Crippen LogP contribution is -2.46. The van der Waals surface area contributed by atoms with Gasteiger partial charge in [0.1, 0.15) is 5.82 Å². The lowest BCUT2D eigenvalue weighted by atomic mass is 10.0. The van der Waals surface area contributed by atoms with Gasteiger partial charge in [0.05, 0.1) is 38.5 Å². The number of hydrogen-bond donors (Lipinski definition) is 2. The Morgan fingerprint density at radius 3 is 2.44 bits per heavy atom. The number of hydrogen-bond acceptors (Lipinski definition) is 5. The molecule has 2 N–H and O–H groups in total. The van der Waals surface area contributed by atoms with Gasteiger partial charge < -0.3 is 20.1 Å². The molecule has 0 radical (unpaired) electrons. The lowest BCUT2D eigenvalue weighted by Gasteiger charge is -2.35. The van der Waals surface area contributed by atoms with Crippen molar-refractivity contribution in [2.75, 3.05) is 46.5 Å². The van der Waals surface area contributed by atoms with E-state index in [1.54, 1.807) is 12.1 Å². The largest absolute Gasteiger partial charge is 0.465 e. The van der Waals surface area contributed by atoms with Crippen molar-refractivity contribution in [2.24, 2.45) is 4.99 Å². The number of rotatable bonds is 8. The van der Waals surface area contributed by atoms with E-state index in [0.717, 1.165) is 30.8 Å². The Kier molecular flexibility index (Phi) is 9.01. The number of methoxy groups -OCH3 is 1. The minimum absolute atomic E-state index is 0.0719. The van der Waals surface area contributed by atoms with Crippen molar-refractivity contribution < 1.29 is 18.7 Å². The van der Waals surface area contributed by atoms with Gasteiger partial charge in [-0.15, -0.1) is 0 Å². The lowest BCUT2D eigenvalue weighted by molar-refractivity contribution is 0.0170. The van der Waals surface area contributed by atoms with Gasteiger partial charge in [-0.2, -0.15) is 0 Å². The molecule has 0 saturated carbocycles. The third-order valence-corrected chi connectivity index (χ3v) is 5.34. The summed E-state index contributed by atoms with van der Waals surface area (Å²) >= 11 is 0. The average Bonchev–Trinajstić information content (AvgIpc) is 2.84. The van der Waals surface area contributed by atoms with Gasteiger partial charge >= 0.3 is 5.97 Å². The predicted octanol–water partition coefficient (Wildman–Crippen LogP) is 2.74. The highest BCUT2D eigenvalue weighted by Crippen LogP contribution is 2.21. The van der Waals surface area contributed by atoms with Crippen molar-refractivity contribution in [3.63, 3.8) is 0 Å². The molecule has 2 aromatic carbocycles. The Hall–Kier alpha value is -2.97. The molecule has 1 heterocycles. The number of esters is 1. The number of halogens is 1. The van der Waals surface area contributed by atoms with Gasteiger partial charge in [-0.05, 0) is 42.3 Å². The molecule has 0 aliphatic carbocycles. The first-order chi connectivity index (χ1) is 15.6. The minimum Gasteiger partial charge on any atom is -0.465 e. The van der Waals surface area contributed by atoms with Crippen molar-refractivity contribution in [1.29, 1.82) is 0 Å². The summed E-state index contributed by atoms with van der Waals surface area (Å²) < 4.78 is 23.7. The van der Waals surface area contributed by atoms with Crippen LogP contribution >= 0.6 is 0 Å². The Morgan fingerprint density at radius 1 is 1.12 bits per heavy atom. The first-order valence-corrected chi connectivity index (χ1v) is 10.9. The molecule has 0 bridgehead atoms. The van der Waals surface area contributed by atoms with Crippen LogP contribution in [0.1, 0.15) is 34.5 Å². The maximum atomic E-state index is 13.5. The number of nitrogens with zero attached hydrogens (tertiary/aromatic N) is 2. The van der Waals surface area contributed by atoms with Crippen molar-refractivity contribution in [1.82, 2.24) is 15.5 Å². The van der Waals surface area contributed by atoms with Crippen LogP contribution in [0.25, 0.3) is 0 Å². The summed E-state index contributed by atoms with van der Waals surface area (Å²) in [7, 11) is 1.37. The first kappa shape index (κ1) is 23.7. The molecule has 0 spiro atoms. The molecule has 8 heteroatoms. The standard InChI is InChI=1S/C24H31FN4O3/c1-3-26-24(27-16-18-4-6-20(7-5-18)23(30)31-2)28-17-22(29-12-14-32-15-13-29)19-8-10-21(25)11-9-19/h4-11,22H,3,12-17H2,1-2H3,(H2,26,27,28). The quantitative estimate of drug-likeness (QED) is 0.372. The van der Waals surface area contributed by atoms with Gasteiger partial charge in [-0.25, -0.2) is 14.2 Å². The fourth-order valence-corrected chi connectivity index (χ4v) is 3.60. The highest BCUT2D eigenvalue weighted by Gasteiger charge is 2.23. The van der Waals surface area contributed by atoms with Crippen LogP contribution in [0.2, 0.25) is 0 Å². The maximum absolute atomic E-state index is 13.5.